The second-order valence-corrected chi connectivity index (χ2v) is 4.38. The van der Waals surface area contributed by atoms with Gasteiger partial charge < -0.3 is 9.26 Å². The molecule has 0 amide bonds. The molecule has 1 aromatic heterocycles. The summed E-state index contributed by atoms with van der Waals surface area (Å²) in [6, 6.07) is 0.410. The van der Waals surface area contributed by atoms with Crippen molar-refractivity contribution in [2.75, 3.05) is 13.2 Å². The molecule has 0 spiro atoms. The molecule has 1 fully saturated rings. The number of aromatic nitrogens is 2. The smallest absolute Gasteiger partial charge is 0.240 e. The molecule has 1 aromatic rings. The van der Waals surface area contributed by atoms with E-state index >= 15 is 0 Å². The molecule has 16 heavy (non-hydrogen) atoms. The molecular weight excluding hydrogens is 206 g/mol. The van der Waals surface area contributed by atoms with Crippen LogP contribution in [-0.2, 0) is 17.7 Å². The third kappa shape index (κ3) is 2.59. The summed E-state index contributed by atoms with van der Waals surface area (Å²) in [5.74, 6) is 1.49. The summed E-state index contributed by atoms with van der Waals surface area (Å²) in [6.07, 6.45) is 1.10. The first-order valence-corrected chi connectivity index (χ1v) is 5.86. The van der Waals surface area contributed by atoms with Crippen LogP contribution >= 0.6 is 0 Å². The summed E-state index contributed by atoms with van der Waals surface area (Å²) >= 11 is 0. The van der Waals surface area contributed by atoms with Crippen molar-refractivity contribution >= 4 is 0 Å². The van der Waals surface area contributed by atoms with Crippen LogP contribution in [0.3, 0.4) is 0 Å². The minimum absolute atomic E-state index is 0.282. The summed E-state index contributed by atoms with van der Waals surface area (Å²) < 4.78 is 10.8. The average molecular weight is 225 g/mol. The number of nitrogens with zero attached hydrogens (tertiary/aromatic N) is 3. The minimum Gasteiger partial charge on any atom is -0.376 e. The van der Waals surface area contributed by atoms with E-state index < -0.39 is 0 Å². The first-order valence-electron chi connectivity index (χ1n) is 5.86. The van der Waals surface area contributed by atoms with Gasteiger partial charge in [-0.15, -0.1) is 0 Å². The monoisotopic (exact) mass is 225 g/mol. The first-order chi connectivity index (χ1) is 7.69. The zero-order chi connectivity index (χ0) is 11.5. The van der Waals surface area contributed by atoms with E-state index in [1.54, 1.807) is 0 Å². The molecule has 1 aliphatic rings. The number of rotatable bonds is 3. The van der Waals surface area contributed by atoms with E-state index in [-0.39, 0.29) is 6.10 Å². The largest absolute Gasteiger partial charge is 0.376 e. The number of aryl methyl sites for hydroxylation is 1. The van der Waals surface area contributed by atoms with Crippen LogP contribution in [0.5, 0.6) is 0 Å². The molecule has 2 rings (SSSR count). The maximum absolute atomic E-state index is 5.58. The number of ether oxygens (including phenoxy) is 1. The number of hydrogen-bond acceptors (Lipinski definition) is 5. The third-order valence-electron chi connectivity index (χ3n) is 2.90. The Balaban J connectivity index is 1.97. The highest BCUT2D eigenvalue weighted by atomic mass is 16.5. The zero-order valence-corrected chi connectivity index (χ0v) is 10.1. The second kappa shape index (κ2) is 4.93. The Morgan fingerprint density at radius 3 is 2.94 bits per heavy atom. The summed E-state index contributed by atoms with van der Waals surface area (Å²) in [6.45, 7) is 8.68. The third-order valence-corrected chi connectivity index (χ3v) is 2.90. The van der Waals surface area contributed by atoms with Gasteiger partial charge in [0.2, 0.25) is 5.89 Å². The molecule has 0 saturated carbocycles. The number of morpholine rings is 1. The fraction of sp³-hybridized carbons (Fsp3) is 0.818. The van der Waals surface area contributed by atoms with Crippen LogP contribution in [0.2, 0.25) is 0 Å². The van der Waals surface area contributed by atoms with E-state index in [0.717, 1.165) is 31.9 Å². The lowest BCUT2D eigenvalue weighted by Crippen LogP contribution is -2.46. The molecule has 5 heteroatoms. The van der Waals surface area contributed by atoms with Gasteiger partial charge in [-0.3, -0.25) is 4.90 Å². The Kier molecular flexibility index (Phi) is 3.56. The maximum atomic E-state index is 5.58. The van der Waals surface area contributed by atoms with Crippen LogP contribution in [0.1, 0.15) is 32.5 Å². The molecule has 0 unspecified atom stereocenters. The van der Waals surface area contributed by atoms with Crippen molar-refractivity contribution < 1.29 is 9.26 Å². The van der Waals surface area contributed by atoms with Crippen molar-refractivity contribution in [1.82, 2.24) is 15.0 Å². The van der Waals surface area contributed by atoms with E-state index in [0.29, 0.717) is 11.9 Å². The van der Waals surface area contributed by atoms with Gasteiger partial charge in [0.15, 0.2) is 5.82 Å². The van der Waals surface area contributed by atoms with E-state index in [9.17, 15) is 0 Å². The van der Waals surface area contributed by atoms with Crippen LogP contribution < -0.4 is 0 Å². The molecule has 90 valence electrons. The van der Waals surface area contributed by atoms with Gasteiger partial charge in [0.05, 0.1) is 19.3 Å². The van der Waals surface area contributed by atoms with E-state index in [2.05, 4.69) is 28.9 Å². The second-order valence-electron chi connectivity index (χ2n) is 4.38. The van der Waals surface area contributed by atoms with Crippen molar-refractivity contribution in [2.45, 2.75) is 45.9 Å². The summed E-state index contributed by atoms with van der Waals surface area (Å²) in [7, 11) is 0. The van der Waals surface area contributed by atoms with Gasteiger partial charge in [0.1, 0.15) is 0 Å². The fourth-order valence-electron chi connectivity index (χ4n) is 1.86. The van der Waals surface area contributed by atoms with E-state index in [1.807, 2.05) is 6.92 Å². The van der Waals surface area contributed by atoms with Crippen LogP contribution in [-0.4, -0.2) is 40.3 Å². The summed E-state index contributed by atoms with van der Waals surface area (Å²) in [4.78, 5) is 6.64. The van der Waals surface area contributed by atoms with Crippen molar-refractivity contribution in [3.05, 3.63) is 11.7 Å². The van der Waals surface area contributed by atoms with Crippen LogP contribution in [0.4, 0.5) is 0 Å². The SMILES string of the molecule is CCc1noc(CN2C[C@H](C)OC[C@@H]2C)n1. The Morgan fingerprint density at radius 1 is 1.44 bits per heavy atom. The predicted octanol–water partition coefficient (Wildman–Crippen LogP) is 1.24. The van der Waals surface area contributed by atoms with Crippen LogP contribution in [0.25, 0.3) is 0 Å². The maximum Gasteiger partial charge on any atom is 0.240 e. The molecule has 0 radical (unpaired) electrons. The molecule has 2 heterocycles. The van der Waals surface area contributed by atoms with Gasteiger partial charge in [-0.25, -0.2) is 0 Å². The molecule has 0 aliphatic carbocycles. The highest BCUT2D eigenvalue weighted by Crippen LogP contribution is 2.14. The van der Waals surface area contributed by atoms with Crippen molar-refractivity contribution in [2.24, 2.45) is 0 Å². The van der Waals surface area contributed by atoms with Gasteiger partial charge >= 0.3 is 0 Å². The molecule has 2 atom stereocenters. The van der Waals surface area contributed by atoms with Crippen LogP contribution in [0, 0.1) is 0 Å². The van der Waals surface area contributed by atoms with Gasteiger partial charge in [-0.1, -0.05) is 12.1 Å². The Hall–Kier alpha value is -0.940. The lowest BCUT2D eigenvalue weighted by molar-refractivity contribution is -0.0555. The molecule has 1 saturated heterocycles. The topological polar surface area (TPSA) is 51.4 Å². The molecule has 5 nitrogen and oxygen atoms in total. The number of hydrogen-bond donors (Lipinski definition) is 0. The molecule has 0 N–H and O–H groups in total. The highest BCUT2D eigenvalue weighted by Gasteiger charge is 2.24. The zero-order valence-electron chi connectivity index (χ0n) is 10.1. The van der Waals surface area contributed by atoms with Crippen molar-refractivity contribution in [3.8, 4) is 0 Å². The molecule has 0 bridgehead atoms. The quantitative estimate of drug-likeness (QED) is 0.774. The van der Waals surface area contributed by atoms with Gasteiger partial charge in [0.25, 0.3) is 0 Å². The van der Waals surface area contributed by atoms with Gasteiger partial charge in [0, 0.05) is 19.0 Å². The Labute approximate surface area is 95.8 Å². The summed E-state index contributed by atoms with van der Waals surface area (Å²) in [5, 5.41) is 3.90. The van der Waals surface area contributed by atoms with Gasteiger partial charge in [-0.2, -0.15) is 4.98 Å². The normalized spacial score (nSPS) is 27.2. The fourth-order valence-corrected chi connectivity index (χ4v) is 1.86. The highest BCUT2D eigenvalue weighted by molar-refractivity contribution is 4.87. The summed E-state index contributed by atoms with van der Waals surface area (Å²) in [5.41, 5.74) is 0. The lowest BCUT2D eigenvalue weighted by atomic mass is 10.2. The van der Waals surface area contributed by atoms with Crippen LogP contribution in [0.15, 0.2) is 4.52 Å². The standard InChI is InChI=1S/C11H19N3O2/c1-4-10-12-11(16-13-10)6-14-5-9(3)15-7-8(14)2/h8-9H,4-7H2,1-3H3/t8-,9-/m0/s1. The molecular formula is C11H19N3O2. The van der Waals surface area contributed by atoms with Gasteiger partial charge in [-0.05, 0) is 13.8 Å². The lowest BCUT2D eigenvalue weighted by Gasteiger charge is -2.35. The first kappa shape index (κ1) is 11.5. The predicted molar refractivity (Wildman–Crippen MR) is 59.0 cm³/mol. The average Bonchev–Trinajstić information content (AvgIpc) is 2.71. The van der Waals surface area contributed by atoms with Crippen molar-refractivity contribution in [3.63, 3.8) is 0 Å². The Bertz CT molecular complexity index is 340. The van der Waals surface area contributed by atoms with E-state index in [1.165, 1.54) is 0 Å². The molecule has 0 aromatic carbocycles. The Morgan fingerprint density at radius 2 is 2.25 bits per heavy atom. The molecule has 1 aliphatic heterocycles. The minimum atomic E-state index is 0.282. The van der Waals surface area contributed by atoms with E-state index in [4.69, 9.17) is 9.26 Å². The van der Waals surface area contributed by atoms with Crippen molar-refractivity contribution in [1.29, 1.82) is 0 Å².